The first-order valence-corrected chi connectivity index (χ1v) is 7.75. The van der Waals surface area contributed by atoms with Crippen LogP contribution < -0.4 is 0 Å². The highest BCUT2D eigenvalue weighted by Crippen LogP contribution is 2.26. The van der Waals surface area contributed by atoms with Crippen LogP contribution in [0.25, 0.3) is 0 Å². The van der Waals surface area contributed by atoms with Crippen LogP contribution in [0.4, 0.5) is 4.39 Å². The van der Waals surface area contributed by atoms with Gasteiger partial charge in [-0.15, -0.1) is 0 Å². The number of aliphatic carboxylic acids is 1. The Balaban J connectivity index is 2.02. The molecule has 1 fully saturated rings. The Labute approximate surface area is 126 Å². The van der Waals surface area contributed by atoms with Crippen molar-refractivity contribution in [1.82, 2.24) is 4.90 Å². The molecule has 1 heterocycles. The quantitative estimate of drug-likeness (QED) is 0.883. The highest BCUT2D eigenvalue weighted by molar-refractivity contribution is 9.10. The molecule has 1 saturated heterocycles. The van der Waals surface area contributed by atoms with Crippen LogP contribution in [-0.2, 0) is 11.3 Å². The lowest BCUT2D eigenvalue weighted by atomic mass is 9.97. The van der Waals surface area contributed by atoms with Crippen molar-refractivity contribution in [3.63, 3.8) is 0 Å². The molecule has 20 heavy (non-hydrogen) atoms. The molecule has 1 aromatic rings. The molecular formula is C15H19BrFNO2. The summed E-state index contributed by atoms with van der Waals surface area (Å²) in [5.41, 5.74) is 1.05. The fraction of sp³-hybridized carbons (Fsp3) is 0.533. The Morgan fingerprint density at radius 2 is 2.25 bits per heavy atom. The smallest absolute Gasteiger partial charge is 0.303 e. The molecule has 1 aliphatic rings. The Bertz CT molecular complexity index is 481. The lowest BCUT2D eigenvalue weighted by Crippen LogP contribution is -2.39. The van der Waals surface area contributed by atoms with E-state index in [2.05, 4.69) is 20.8 Å². The van der Waals surface area contributed by atoms with Crippen molar-refractivity contribution in [3.05, 3.63) is 34.1 Å². The van der Waals surface area contributed by atoms with Crippen molar-refractivity contribution in [2.45, 2.75) is 44.7 Å². The van der Waals surface area contributed by atoms with Gasteiger partial charge in [0, 0.05) is 23.5 Å². The van der Waals surface area contributed by atoms with Crippen LogP contribution in [0, 0.1) is 5.82 Å². The van der Waals surface area contributed by atoms with Crippen molar-refractivity contribution in [2.24, 2.45) is 0 Å². The van der Waals surface area contributed by atoms with Crippen molar-refractivity contribution in [3.8, 4) is 0 Å². The molecule has 1 unspecified atom stereocenters. The van der Waals surface area contributed by atoms with Crippen LogP contribution in [-0.4, -0.2) is 28.6 Å². The summed E-state index contributed by atoms with van der Waals surface area (Å²) in [6, 6.07) is 5.06. The monoisotopic (exact) mass is 343 g/mol. The molecule has 1 aliphatic heterocycles. The van der Waals surface area contributed by atoms with Crippen LogP contribution >= 0.6 is 15.9 Å². The van der Waals surface area contributed by atoms with Gasteiger partial charge in [-0.05, 0) is 43.5 Å². The fourth-order valence-electron chi connectivity index (χ4n) is 2.75. The molecule has 0 aromatic heterocycles. The zero-order valence-electron chi connectivity index (χ0n) is 11.3. The summed E-state index contributed by atoms with van der Waals surface area (Å²) < 4.78 is 13.9. The molecule has 2 rings (SSSR count). The molecule has 0 bridgehead atoms. The first-order chi connectivity index (χ1) is 9.56. The second-order valence-electron chi connectivity index (χ2n) is 5.29. The summed E-state index contributed by atoms with van der Waals surface area (Å²) in [6.45, 7) is 1.72. The Morgan fingerprint density at radius 3 is 2.95 bits per heavy atom. The summed E-state index contributed by atoms with van der Waals surface area (Å²) in [7, 11) is 0. The first-order valence-electron chi connectivity index (χ1n) is 6.96. The third kappa shape index (κ3) is 4.28. The number of carboxylic acids is 1. The van der Waals surface area contributed by atoms with Gasteiger partial charge in [-0.25, -0.2) is 4.39 Å². The van der Waals surface area contributed by atoms with Crippen LogP contribution in [0.5, 0.6) is 0 Å². The van der Waals surface area contributed by atoms with E-state index >= 15 is 0 Å². The standard InChI is InChI=1S/C15H19BrFNO2/c16-14-9-12(17)5-4-11(14)10-18-8-2-1-3-13(18)6-7-15(19)20/h4-5,9,13H,1-3,6-8,10H2,(H,19,20). The van der Waals surface area contributed by atoms with Gasteiger partial charge in [0.2, 0.25) is 0 Å². The number of carbonyl (C=O) groups is 1. The molecule has 0 aliphatic carbocycles. The maximum atomic E-state index is 13.1. The minimum atomic E-state index is -0.738. The predicted molar refractivity (Wildman–Crippen MR) is 79.0 cm³/mol. The molecule has 0 spiro atoms. The van der Waals surface area contributed by atoms with E-state index in [4.69, 9.17) is 5.11 Å². The molecular weight excluding hydrogens is 325 g/mol. The maximum Gasteiger partial charge on any atom is 0.303 e. The Morgan fingerprint density at radius 1 is 1.45 bits per heavy atom. The highest BCUT2D eigenvalue weighted by atomic mass is 79.9. The molecule has 0 saturated carbocycles. The van der Waals surface area contributed by atoms with Crippen molar-refractivity contribution in [2.75, 3.05) is 6.54 Å². The SMILES string of the molecule is O=C(O)CCC1CCCCN1Cc1ccc(F)cc1Br. The van der Waals surface area contributed by atoms with Crippen molar-refractivity contribution < 1.29 is 14.3 Å². The molecule has 5 heteroatoms. The highest BCUT2D eigenvalue weighted by Gasteiger charge is 2.23. The van der Waals surface area contributed by atoms with Crippen LogP contribution in [0.2, 0.25) is 0 Å². The van der Waals surface area contributed by atoms with Gasteiger partial charge in [-0.3, -0.25) is 9.69 Å². The summed E-state index contributed by atoms with van der Waals surface area (Å²) in [4.78, 5) is 13.1. The predicted octanol–water partition coefficient (Wildman–Crippen LogP) is 3.81. The number of halogens is 2. The van der Waals surface area contributed by atoms with Crippen LogP contribution in [0.3, 0.4) is 0 Å². The minimum Gasteiger partial charge on any atom is -0.481 e. The van der Waals surface area contributed by atoms with E-state index < -0.39 is 5.97 Å². The van der Waals surface area contributed by atoms with E-state index in [0.717, 1.165) is 42.4 Å². The molecule has 0 radical (unpaired) electrons. The van der Waals surface area contributed by atoms with Gasteiger partial charge in [0.25, 0.3) is 0 Å². The van der Waals surface area contributed by atoms with Crippen molar-refractivity contribution in [1.29, 1.82) is 0 Å². The van der Waals surface area contributed by atoms with E-state index in [1.165, 1.54) is 12.1 Å². The number of carboxylic acid groups (broad SMARTS) is 1. The summed E-state index contributed by atoms with van der Waals surface area (Å²) in [5, 5.41) is 8.83. The Hall–Kier alpha value is -0.940. The van der Waals surface area contributed by atoms with Gasteiger partial charge in [0.05, 0.1) is 0 Å². The van der Waals surface area contributed by atoms with E-state index in [-0.39, 0.29) is 12.2 Å². The maximum absolute atomic E-state index is 13.1. The third-order valence-electron chi connectivity index (χ3n) is 3.83. The number of benzene rings is 1. The van der Waals surface area contributed by atoms with Gasteiger partial charge in [0.1, 0.15) is 5.82 Å². The minimum absolute atomic E-state index is 0.214. The molecule has 3 nitrogen and oxygen atoms in total. The summed E-state index contributed by atoms with van der Waals surface area (Å²) in [6.07, 6.45) is 4.25. The number of piperidine rings is 1. The van der Waals surface area contributed by atoms with Crippen LogP contribution in [0.15, 0.2) is 22.7 Å². The van der Waals surface area contributed by atoms with Crippen molar-refractivity contribution >= 4 is 21.9 Å². The van der Waals surface area contributed by atoms with Gasteiger partial charge >= 0.3 is 5.97 Å². The number of nitrogens with zero attached hydrogens (tertiary/aromatic N) is 1. The van der Waals surface area contributed by atoms with E-state index in [0.29, 0.717) is 12.5 Å². The second kappa shape index (κ2) is 7.18. The Kier molecular flexibility index (Phi) is 5.54. The molecule has 0 amide bonds. The zero-order chi connectivity index (χ0) is 14.5. The number of likely N-dealkylation sites (tertiary alicyclic amines) is 1. The first kappa shape index (κ1) is 15.4. The van der Waals surface area contributed by atoms with Gasteiger partial charge in [-0.2, -0.15) is 0 Å². The molecule has 1 N–H and O–H groups in total. The molecule has 110 valence electrons. The van der Waals surface area contributed by atoms with Gasteiger partial charge in [-0.1, -0.05) is 28.4 Å². The molecule has 1 atom stereocenters. The largest absolute Gasteiger partial charge is 0.481 e. The third-order valence-corrected chi connectivity index (χ3v) is 4.57. The van der Waals surface area contributed by atoms with Gasteiger partial charge in [0.15, 0.2) is 0 Å². The fourth-order valence-corrected chi connectivity index (χ4v) is 3.23. The topological polar surface area (TPSA) is 40.5 Å². The average Bonchev–Trinajstić information content (AvgIpc) is 2.41. The van der Waals surface area contributed by atoms with Crippen LogP contribution in [0.1, 0.15) is 37.7 Å². The zero-order valence-corrected chi connectivity index (χ0v) is 12.9. The summed E-state index contributed by atoms with van der Waals surface area (Å²) in [5.74, 6) is -0.986. The van der Waals surface area contributed by atoms with Gasteiger partial charge < -0.3 is 5.11 Å². The normalized spacial score (nSPS) is 20.0. The second-order valence-corrected chi connectivity index (χ2v) is 6.14. The number of hydrogen-bond acceptors (Lipinski definition) is 2. The average molecular weight is 344 g/mol. The molecule has 1 aromatic carbocycles. The lowest BCUT2D eigenvalue weighted by molar-refractivity contribution is -0.137. The van der Waals surface area contributed by atoms with E-state index in [1.54, 1.807) is 6.07 Å². The van der Waals surface area contributed by atoms with E-state index in [1.807, 2.05) is 0 Å². The van der Waals surface area contributed by atoms with E-state index in [9.17, 15) is 9.18 Å². The lowest BCUT2D eigenvalue weighted by Gasteiger charge is -2.35. The summed E-state index contributed by atoms with van der Waals surface area (Å²) >= 11 is 3.40. The number of hydrogen-bond donors (Lipinski definition) is 1. The number of rotatable bonds is 5.